The van der Waals surface area contributed by atoms with Gasteiger partial charge in [0, 0.05) is 9.65 Å². The third kappa shape index (κ3) is 1.78. The number of alkyl halides is 2. The topological polar surface area (TPSA) is 37.4 Å². The number of anilines is 1. The highest BCUT2D eigenvalue weighted by Gasteiger charge is 2.66. The zero-order chi connectivity index (χ0) is 15.8. The van der Waals surface area contributed by atoms with Gasteiger partial charge in [-0.25, -0.2) is 4.90 Å². The van der Waals surface area contributed by atoms with E-state index < -0.39 is 0 Å². The van der Waals surface area contributed by atoms with Gasteiger partial charge in [0.05, 0.1) is 17.5 Å². The van der Waals surface area contributed by atoms with Gasteiger partial charge in [-0.2, -0.15) is 0 Å². The molecule has 1 aliphatic heterocycles. The number of hydrogen-bond acceptors (Lipinski definition) is 2. The van der Waals surface area contributed by atoms with Crippen LogP contribution in [0.2, 0.25) is 0 Å². The molecule has 3 nitrogen and oxygen atoms in total. The summed E-state index contributed by atoms with van der Waals surface area (Å²) in [5, 5.41) is 0. The van der Waals surface area contributed by atoms with Crippen molar-refractivity contribution in [2.24, 2.45) is 23.7 Å². The average molecular weight is 427 g/mol. The number of imide groups is 1. The molecule has 3 aliphatic rings. The van der Waals surface area contributed by atoms with Crippen LogP contribution in [0.1, 0.15) is 17.5 Å². The molecule has 1 aromatic rings. The summed E-state index contributed by atoms with van der Waals surface area (Å²) >= 11 is 7.43. The third-order valence-corrected chi connectivity index (χ3v) is 8.79. The lowest BCUT2D eigenvalue weighted by atomic mass is 9.81. The molecule has 1 saturated heterocycles. The van der Waals surface area contributed by atoms with Crippen LogP contribution in [-0.2, 0) is 9.59 Å². The van der Waals surface area contributed by atoms with Crippen LogP contribution in [0.4, 0.5) is 5.69 Å². The van der Waals surface area contributed by atoms with Crippen molar-refractivity contribution in [3.05, 3.63) is 29.3 Å². The summed E-state index contributed by atoms with van der Waals surface area (Å²) in [6, 6.07) is 5.89. The molecule has 6 atom stereocenters. The van der Waals surface area contributed by atoms with Crippen molar-refractivity contribution in [1.82, 2.24) is 0 Å². The molecular formula is C17H17Br2NO2. The van der Waals surface area contributed by atoms with E-state index in [0.29, 0.717) is 0 Å². The molecule has 0 radical (unpaired) electrons. The van der Waals surface area contributed by atoms with Gasteiger partial charge in [-0.3, -0.25) is 9.59 Å². The lowest BCUT2D eigenvalue weighted by Gasteiger charge is -2.28. The molecule has 2 aliphatic carbocycles. The molecular weight excluding hydrogens is 410 g/mol. The Bertz CT molecular complexity index is 657. The van der Waals surface area contributed by atoms with E-state index >= 15 is 0 Å². The molecule has 0 spiro atoms. The van der Waals surface area contributed by atoms with Crippen molar-refractivity contribution in [1.29, 1.82) is 0 Å². The second-order valence-corrected chi connectivity index (χ2v) is 8.92. The number of hydrogen-bond donors (Lipinski definition) is 0. The number of benzene rings is 1. The molecule has 0 N–H and O–H groups in total. The van der Waals surface area contributed by atoms with Crippen LogP contribution in [0.25, 0.3) is 0 Å². The summed E-state index contributed by atoms with van der Waals surface area (Å²) < 4.78 is 0. The summed E-state index contributed by atoms with van der Waals surface area (Å²) in [7, 11) is 0. The Kier molecular flexibility index (Phi) is 3.32. The summed E-state index contributed by atoms with van der Waals surface area (Å²) in [6.45, 7) is 3.98. The van der Waals surface area contributed by atoms with Gasteiger partial charge in [0.15, 0.2) is 0 Å². The first-order valence-corrected chi connectivity index (χ1v) is 9.48. The first kappa shape index (κ1) is 14.9. The highest BCUT2D eigenvalue weighted by Crippen LogP contribution is 2.60. The van der Waals surface area contributed by atoms with Crippen LogP contribution in [0.5, 0.6) is 0 Å². The normalized spacial score (nSPS) is 39.7. The standard InChI is InChI=1S/C17H17Br2NO2/c1-7-3-4-11(8(2)5-7)20-16(21)12-9-6-10(13(12)17(20)22)15(19)14(9)18/h3-5,9-10,12-15H,6H2,1-2H3/t9-,10+,12-,13-,14-,15+/m0/s1. The zero-order valence-electron chi connectivity index (χ0n) is 12.4. The minimum absolute atomic E-state index is 0.00157. The van der Waals surface area contributed by atoms with Crippen molar-refractivity contribution < 1.29 is 9.59 Å². The van der Waals surface area contributed by atoms with Crippen LogP contribution in [0, 0.1) is 37.5 Å². The van der Waals surface area contributed by atoms with E-state index in [1.165, 1.54) is 4.90 Å². The molecule has 5 heteroatoms. The summed E-state index contributed by atoms with van der Waals surface area (Å²) in [5.41, 5.74) is 2.88. The van der Waals surface area contributed by atoms with Crippen molar-refractivity contribution in [3.8, 4) is 0 Å². The molecule has 2 bridgehead atoms. The van der Waals surface area contributed by atoms with Gasteiger partial charge in [-0.15, -0.1) is 0 Å². The van der Waals surface area contributed by atoms with Crippen LogP contribution in [-0.4, -0.2) is 21.5 Å². The molecule has 0 aromatic heterocycles. The first-order chi connectivity index (χ1) is 10.4. The fourth-order valence-electron chi connectivity index (χ4n) is 4.64. The number of nitrogens with zero attached hydrogens (tertiary/aromatic N) is 1. The average Bonchev–Trinajstić information content (AvgIpc) is 3.06. The smallest absolute Gasteiger partial charge is 0.238 e. The quantitative estimate of drug-likeness (QED) is 0.508. The Morgan fingerprint density at radius 2 is 1.55 bits per heavy atom. The Morgan fingerprint density at radius 1 is 1.00 bits per heavy atom. The molecule has 116 valence electrons. The zero-order valence-corrected chi connectivity index (χ0v) is 15.6. The summed E-state index contributed by atoms with van der Waals surface area (Å²) in [5.74, 6) is 0.252. The number of carbonyl (C=O) groups excluding carboxylic acids is 2. The Labute approximate surface area is 146 Å². The SMILES string of the molecule is Cc1ccc(N2C(=O)[C@H]3[C@@H]4C[C@@H]([C@@H](Br)[C@H]4Br)[C@@H]3C2=O)c(C)c1. The predicted molar refractivity (Wildman–Crippen MR) is 92.4 cm³/mol. The van der Waals surface area contributed by atoms with Crippen molar-refractivity contribution in [3.63, 3.8) is 0 Å². The van der Waals surface area contributed by atoms with Crippen LogP contribution in [0.15, 0.2) is 18.2 Å². The number of rotatable bonds is 1. The van der Waals surface area contributed by atoms with Crippen LogP contribution in [0.3, 0.4) is 0 Å². The second-order valence-electron chi connectivity index (χ2n) is 6.81. The van der Waals surface area contributed by atoms with Gasteiger partial charge in [0.2, 0.25) is 11.8 Å². The van der Waals surface area contributed by atoms with E-state index in [-0.39, 0.29) is 45.1 Å². The number of fused-ring (bicyclic) bond motifs is 5. The highest BCUT2D eigenvalue weighted by atomic mass is 79.9. The Balaban J connectivity index is 1.76. The van der Waals surface area contributed by atoms with E-state index in [1.54, 1.807) is 0 Å². The van der Waals surface area contributed by atoms with E-state index in [9.17, 15) is 9.59 Å². The fourth-order valence-corrected chi connectivity index (χ4v) is 6.52. The van der Waals surface area contributed by atoms with Gasteiger partial charge in [0.1, 0.15) is 0 Å². The van der Waals surface area contributed by atoms with Gasteiger partial charge in [-0.1, -0.05) is 49.6 Å². The maximum absolute atomic E-state index is 12.9. The highest BCUT2D eigenvalue weighted by molar-refractivity contribution is 9.12. The van der Waals surface area contributed by atoms with Crippen molar-refractivity contribution >= 4 is 49.4 Å². The van der Waals surface area contributed by atoms with Crippen molar-refractivity contribution in [2.75, 3.05) is 4.90 Å². The van der Waals surface area contributed by atoms with E-state index in [0.717, 1.165) is 23.2 Å². The number of amides is 2. The largest absolute Gasteiger partial charge is 0.274 e. The molecule has 4 rings (SSSR count). The maximum atomic E-state index is 12.9. The van der Waals surface area contributed by atoms with Gasteiger partial charge < -0.3 is 0 Å². The monoisotopic (exact) mass is 425 g/mol. The second kappa shape index (κ2) is 4.91. The van der Waals surface area contributed by atoms with E-state index in [4.69, 9.17) is 0 Å². The predicted octanol–water partition coefficient (Wildman–Crippen LogP) is 3.59. The number of carbonyl (C=O) groups is 2. The molecule has 22 heavy (non-hydrogen) atoms. The fraction of sp³-hybridized carbons (Fsp3) is 0.529. The van der Waals surface area contributed by atoms with E-state index in [1.807, 2.05) is 32.0 Å². The van der Waals surface area contributed by atoms with Crippen LogP contribution >= 0.6 is 31.9 Å². The van der Waals surface area contributed by atoms with Gasteiger partial charge in [0.25, 0.3) is 0 Å². The molecule has 3 fully saturated rings. The van der Waals surface area contributed by atoms with Crippen molar-refractivity contribution in [2.45, 2.75) is 29.9 Å². The third-order valence-electron chi connectivity index (χ3n) is 5.58. The maximum Gasteiger partial charge on any atom is 0.238 e. The van der Waals surface area contributed by atoms with E-state index in [2.05, 4.69) is 31.9 Å². The molecule has 2 amide bonds. The lowest BCUT2D eigenvalue weighted by Crippen LogP contribution is -2.37. The van der Waals surface area contributed by atoms with Gasteiger partial charge in [-0.05, 0) is 43.7 Å². The summed E-state index contributed by atoms with van der Waals surface area (Å²) in [6.07, 6.45) is 0.972. The van der Waals surface area contributed by atoms with Gasteiger partial charge >= 0.3 is 0 Å². The molecule has 1 aromatic carbocycles. The lowest BCUT2D eigenvalue weighted by molar-refractivity contribution is -0.123. The van der Waals surface area contributed by atoms with Crippen LogP contribution < -0.4 is 4.90 Å². The molecule has 0 unspecified atom stereocenters. The first-order valence-electron chi connectivity index (χ1n) is 7.65. The number of halogens is 2. The molecule has 1 heterocycles. The molecule has 2 saturated carbocycles. The Hall–Kier alpha value is -0.680. The number of aryl methyl sites for hydroxylation is 2. The summed E-state index contributed by atoms with van der Waals surface area (Å²) in [4.78, 5) is 27.9. The Morgan fingerprint density at radius 3 is 2.05 bits per heavy atom. The minimum atomic E-state index is -0.142. The minimum Gasteiger partial charge on any atom is -0.274 e.